The summed E-state index contributed by atoms with van der Waals surface area (Å²) < 4.78 is 0. The molecule has 0 spiro atoms. The quantitative estimate of drug-likeness (QED) is 0.755. The zero-order chi connectivity index (χ0) is 16.8. The monoisotopic (exact) mass is 308 g/mol. The van der Waals surface area contributed by atoms with Crippen molar-refractivity contribution in [2.45, 2.75) is 39.5 Å². The molecule has 0 aliphatic rings. The molecule has 0 fully saturated rings. The van der Waals surface area contributed by atoms with Gasteiger partial charge in [0, 0.05) is 18.2 Å². The van der Waals surface area contributed by atoms with Crippen LogP contribution in [-0.4, -0.2) is 7.05 Å². The van der Waals surface area contributed by atoms with Gasteiger partial charge in [-0.15, -0.1) is 0 Å². The van der Waals surface area contributed by atoms with Gasteiger partial charge in [0.15, 0.2) is 0 Å². The van der Waals surface area contributed by atoms with Crippen LogP contribution in [0.2, 0.25) is 0 Å². The van der Waals surface area contributed by atoms with E-state index in [1.54, 1.807) is 0 Å². The Morgan fingerprint density at radius 3 is 2.22 bits per heavy atom. The van der Waals surface area contributed by atoms with Gasteiger partial charge in [-0.05, 0) is 29.9 Å². The molecule has 1 atom stereocenters. The van der Waals surface area contributed by atoms with Crippen molar-refractivity contribution in [3.63, 3.8) is 0 Å². The zero-order valence-corrected chi connectivity index (χ0v) is 14.7. The lowest BCUT2D eigenvalue weighted by Gasteiger charge is -2.19. The van der Waals surface area contributed by atoms with E-state index in [1.807, 2.05) is 7.05 Å². The van der Waals surface area contributed by atoms with Crippen molar-refractivity contribution in [1.29, 1.82) is 0 Å². The Balaban J connectivity index is 2.63. The maximum Gasteiger partial charge on any atom is 0.0654 e. The SMILES string of the molecule is CCc1ccccc1/C(NC)=C(/N)c1ccccc1C(C)CC. The number of nitrogens with one attached hydrogen (secondary N) is 1. The minimum Gasteiger partial charge on any atom is -0.397 e. The lowest BCUT2D eigenvalue weighted by molar-refractivity contribution is 0.731. The van der Waals surface area contributed by atoms with Gasteiger partial charge in [0.05, 0.1) is 11.4 Å². The highest BCUT2D eigenvalue weighted by Gasteiger charge is 2.15. The molecule has 0 radical (unpaired) electrons. The number of hydrogen-bond acceptors (Lipinski definition) is 2. The number of aryl methyl sites for hydroxylation is 1. The summed E-state index contributed by atoms with van der Waals surface area (Å²) in [5.41, 5.74) is 13.4. The molecule has 0 saturated carbocycles. The average molecular weight is 308 g/mol. The predicted octanol–water partition coefficient (Wildman–Crippen LogP) is 4.77. The largest absolute Gasteiger partial charge is 0.397 e. The summed E-state index contributed by atoms with van der Waals surface area (Å²) in [6.45, 7) is 6.65. The average Bonchev–Trinajstić information content (AvgIpc) is 2.62. The third-order valence-corrected chi connectivity index (χ3v) is 4.58. The number of benzene rings is 2. The van der Waals surface area contributed by atoms with Crippen LogP contribution >= 0.6 is 0 Å². The summed E-state index contributed by atoms with van der Waals surface area (Å²) in [7, 11) is 1.94. The van der Waals surface area contributed by atoms with E-state index in [1.165, 1.54) is 16.7 Å². The molecule has 0 aliphatic carbocycles. The van der Waals surface area contributed by atoms with Gasteiger partial charge in [0.1, 0.15) is 0 Å². The zero-order valence-electron chi connectivity index (χ0n) is 14.7. The Labute approximate surface area is 140 Å². The summed E-state index contributed by atoms with van der Waals surface area (Å²) in [4.78, 5) is 0. The van der Waals surface area contributed by atoms with Crippen LogP contribution < -0.4 is 11.1 Å². The van der Waals surface area contributed by atoms with Crippen molar-refractivity contribution >= 4 is 11.4 Å². The Kier molecular flexibility index (Phi) is 5.86. The van der Waals surface area contributed by atoms with Crippen molar-refractivity contribution in [3.05, 3.63) is 70.8 Å². The van der Waals surface area contributed by atoms with Gasteiger partial charge in [-0.2, -0.15) is 0 Å². The fraction of sp³-hybridized carbons (Fsp3) is 0.333. The molecule has 0 amide bonds. The van der Waals surface area contributed by atoms with Crippen LogP contribution in [0, 0.1) is 0 Å². The number of nitrogens with two attached hydrogens (primary N) is 1. The van der Waals surface area contributed by atoms with Crippen LogP contribution in [0.1, 0.15) is 55.4 Å². The van der Waals surface area contributed by atoms with Gasteiger partial charge in [0.2, 0.25) is 0 Å². The summed E-state index contributed by atoms with van der Waals surface area (Å²) in [5.74, 6) is 0.490. The van der Waals surface area contributed by atoms with Crippen molar-refractivity contribution in [2.24, 2.45) is 5.73 Å². The van der Waals surface area contributed by atoms with Gasteiger partial charge < -0.3 is 11.1 Å². The normalized spacial score (nSPS) is 13.4. The molecule has 2 rings (SSSR count). The third kappa shape index (κ3) is 3.58. The van der Waals surface area contributed by atoms with Gasteiger partial charge in [-0.1, -0.05) is 69.3 Å². The van der Waals surface area contributed by atoms with Crippen LogP contribution in [0.5, 0.6) is 0 Å². The molecule has 1 unspecified atom stereocenters. The maximum absolute atomic E-state index is 6.62. The second kappa shape index (κ2) is 7.87. The van der Waals surface area contributed by atoms with Crippen LogP contribution in [0.3, 0.4) is 0 Å². The number of hydrogen-bond donors (Lipinski definition) is 2. The highest BCUT2D eigenvalue weighted by Crippen LogP contribution is 2.30. The minimum atomic E-state index is 0.490. The predicted molar refractivity (Wildman–Crippen MR) is 101 cm³/mol. The van der Waals surface area contributed by atoms with E-state index < -0.39 is 0 Å². The summed E-state index contributed by atoms with van der Waals surface area (Å²) in [5, 5.41) is 3.33. The van der Waals surface area contributed by atoms with Gasteiger partial charge in [-0.3, -0.25) is 0 Å². The summed E-state index contributed by atoms with van der Waals surface area (Å²) in [6.07, 6.45) is 2.09. The molecule has 0 bridgehead atoms. The molecule has 3 N–H and O–H groups in total. The maximum atomic E-state index is 6.62. The lowest BCUT2D eigenvalue weighted by atomic mass is 9.90. The number of rotatable bonds is 6. The van der Waals surface area contributed by atoms with E-state index >= 15 is 0 Å². The Bertz CT molecular complexity index is 686. The van der Waals surface area contributed by atoms with Crippen molar-refractivity contribution in [3.8, 4) is 0 Å². The summed E-state index contributed by atoms with van der Waals surface area (Å²) >= 11 is 0. The molecule has 0 aliphatic heterocycles. The minimum absolute atomic E-state index is 0.490. The van der Waals surface area contributed by atoms with Crippen molar-refractivity contribution in [1.82, 2.24) is 5.32 Å². The first-order valence-corrected chi connectivity index (χ1v) is 8.49. The van der Waals surface area contributed by atoms with Gasteiger partial charge in [0.25, 0.3) is 0 Å². The van der Waals surface area contributed by atoms with E-state index in [4.69, 9.17) is 5.73 Å². The molecule has 122 valence electrons. The Morgan fingerprint density at radius 1 is 1.00 bits per heavy atom. The molecule has 0 aromatic heterocycles. The third-order valence-electron chi connectivity index (χ3n) is 4.58. The Morgan fingerprint density at radius 2 is 1.61 bits per heavy atom. The standard InChI is InChI=1S/C21H28N2/c1-5-15(3)17-12-9-10-14-19(17)20(22)21(23-4)18-13-8-7-11-16(18)6-2/h7-15,23H,5-6,22H2,1-4H3/b21-20-. The summed E-state index contributed by atoms with van der Waals surface area (Å²) in [6, 6.07) is 16.9. The highest BCUT2D eigenvalue weighted by molar-refractivity contribution is 5.90. The second-order valence-corrected chi connectivity index (χ2v) is 5.95. The first-order valence-electron chi connectivity index (χ1n) is 8.49. The highest BCUT2D eigenvalue weighted by atomic mass is 14.9. The van der Waals surface area contributed by atoms with E-state index in [-0.39, 0.29) is 0 Å². The van der Waals surface area contributed by atoms with Crippen molar-refractivity contribution < 1.29 is 0 Å². The molecule has 23 heavy (non-hydrogen) atoms. The van der Waals surface area contributed by atoms with Crippen LogP contribution in [0.4, 0.5) is 0 Å². The van der Waals surface area contributed by atoms with E-state index in [2.05, 4.69) is 74.6 Å². The lowest BCUT2D eigenvalue weighted by Crippen LogP contribution is -2.15. The molecular formula is C21H28N2. The smallest absolute Gasteiger partial charge is 0.0654 e. The van der Waals surface area contributed by atoms with E-state index in [0.717, 1.165) is 29.8 Å². The fourth-order valence-electron chi connectivity index (χ4n) is 3.01. The van der Waals surface area contributed by atoms with Gasteiger partial charge >= 0.3 is 0 Å². The fourth-order valence-corrected chi connectivity index (χ4v) is 3.01. The van der Waals surface area contributed by atoms with E-state index in [9.17, 15) is 0 Å². The Hall–Kier alpha value is -2.22. The first kappa shape index (κ1) is 17.1. The molecule has 2 aromatic carbocycles. The molecule has 2 aromatic rings. The molecule has 2 nitrogen and oxygen atoms in total. The van der Waals surface area contributed by atoms with Crippen molar-refractivity contribution in [2.75, 3.05) is 7.05 Å². The first-order chi connectivity index (χ1) is 11.1. The van der Waals surface area contributed by atoms with Crippen LogP contribution in [-0.2, 0) is 6.42 Å². The molecule has 0 saturated heterocycles. The van der Waals surface area contributed by atoms with E-state index in [0.29, 0.717) is 5.92 Å². The topological polar surface area (TPSA) is 38.0 Å². The van der Waals surface area contributed by atoms with Gasteiger partial charge in [-0.25, -0.2) is 0 Å². The molecular weight excluding hydrogens is 280 g/mol. The second-order valence-electron chi connectivity index (χ2n) is 5.95. The molecule has 2 heteroatoms. The van der Waals surface area contributed by atoms with Crippen LogP contribution in [0.25, 0.3) is 11.4 Å². The van der Waals surface area contributed by atoms with Crippen LogP contribution in [0.15, 0.2) is 48.5 Å². The molecule has 0 heterocycles.